The maximum absolute atomic E-state index is 5.72. The summed E-state index contributed by atoms with van der Waals surface area (Å²) in [5.41, 5.74) is 7.16. The topological polar surface area (TPSA) is 35.2 Å². The monoisotopic (exact) mass is 219 g/mol. The Balaban J connectivity index is 1.99. The van der Waals surface area contributed by atoms with Crippen LogP contribution in [0.25, 0.3) is 0 Å². The first-order chi connectivity index (χ1) is 7.83. The van der Waals surface area contributed by atoms with Crippen LogP contribution < -0.4 is 10.5 Å². The molecule has 2 nitrogen and oxygen atoms in total. The van der Waals surface area contributed by atoms with Gasteiger partial charge in [0.1, 0.15) is 5.75 Å². The van der Waals surface area contributed by atoms with Crippen LogP contribution in [0.3, 0.4) is 0 Å². The highest BCUT2D eigenvalue weighted by Gasteiger charge is 2.24. The molecule has 1 saturated carbocycles. The van der Waals surface area contributed by atoms with Gasteiger partial charge in [0, 0.05) is 0 Å². The highest BCUT2D eigenvalue weighted by Crippen LogP contribution is 2.38. The molecule has 0 radical (unpaired) electrons. The molecule has 1 aromatic rings. The zero-order chi connectivity index (χ0) is 11.4. The Morgan fingerprint density at radius 2 is 2.00 bits per heavy atom. The van der Waals surface area contributed by atoms with Crippen molar-refractivity contribution in [2.75, 3.05) is 13.2 Å². The lowest BCUT2D eigenvalue weighted by atomic mass is 9.96. The highest BCUT2D eigenvalue weighted by molar-refractivity contribution is 5.30. The summed E-state index contributed by atoms with van der Waals surface area (Å²) in [4.78, 5) is 0. The van der Waals surface area contributed by atoms with Crippen LogP contribution in [0.15, 0.2) is 24.3 Å². The molecule has 1 aliphatic carbocycles. The zero-order valence-electron chi connectivity index (χ0n) is 9.99. The van der Waals surface area contributed by atoms with Crippen molar-refractivity contribution in [1.82, 2.24) is 0 Å². The lowest BCUT2D eigenvalue weighted by Gasteiger charge is -2.11. The summed E-state index contributed by atoms with van der Waals surface area (Å²) in [5.74, 6) is 2.42. The molecule has 0 spiro atoms. The molecule has 16 heavy (non-hydrogen) atoms. The van der Waals surface area contributed by atoms with E-state index in [9.17, 15) is 0 Å². The molecule has 0 heterocycles. The van der Waals surface area contributed by atoms with E-state index < -0.39 is 0 Å². The van der Waals surface area contributed by atoms with E-state index in [0.717, 1.165) is 24.8 Å². The van der Waals surface area contributed by atoms with Crippen LogP contribution in [0.4, 0.5) is 0 Å². The quantitative estimate of drug-likeness (QED) is 0.845. The van der Waals surface area contributed by atoms with Crippen LogP contribution in [0.5, 0.6) is 5.75 Å². The summed E-state index contributed by atoms with van der Waals surface area (Å²) < 4.78 is 5.45. The molecule has 0 bridgehead atoms. The van der Waals surface area contributed by atoms with Crippen LogP contribution in [0.2, 0.25) is 0 Å². The fourth-order valence-corrected chi connectivity index (χ4v) is 2.59. The third kappa shape index (κ3) is 2.56. The Bertz CT molecular complexity index is 320. The lowest BCUT2D eigenvalue weighted by Crippen LogP contribution is -2.10. The van der Waals surface area contributed by atoms with Crippen molar-refractivity contribution in [3.8, 4) is 5.75 Å². The maximum Gasteiger partial charge on any atom is 0.119 e. The number of rotatable bonds is 4. The number of hydrogen-bond acceptors (Lipinski definition) is 2. The van der Waals surface area contributed by atoms with Crippen molar-refractivity contribution in [2.24, 2.45) is 11.7 Å². The molecule has 0 amide bonds. The molecule has 88 valence electrons. The molecule has 2 rings (SSSR count). The average Bonchev–Trinajstić information content (AvgIpc) is 2.79. The molecule has 1 aliphatic rings. The van der Waals surface area contributed by atoms with Gasteiger partial charge >= 0.3 is 0 Å². The average molecular weight is 219 g/mol. The SMILES string of the molecule is CCOc1ccc(C2CCC(CN)C2)cc1. The molecular weight excluding hydrogens is 198 g/mol. The van der Waals surface area contributed by atoms with Gasteiger partial charge in [-0.05, 0) is 62.3 Å². The van der Waals surface area contributed by atoms with Crippen molar-refractivity contribution in [3.63, 3.8) is 0 Å². The minimum atomic E-state index is 0.712. The van der Waals surface area contributed by atoms with E-state index in [4.69, 9.17) is 10.5 Å². The third-order valence-corrected chi connectivity index (χ3v) is 3.54. The summed E-state index contributed by atoms with van der Waals surface area (Å²) in [6.07, 6.45) is 3.83. The van der Waals surface area contributed by atoms with E-state index in [1.807, 2.05) is 6.92 Å². The van der Waals surface area contributed by atoms with Crippen molar-refractivity contribution >= 4 is 0 Å². The summed E-state index contributed by atoms with van der Waals surface area (Å²) in [6.45, 7) is 3.59. The molecule has 0 saturated heterocycles. The van der Waals surface area contributed by atoms with Crippen LogP contribution in [0.1, 0.15) is 37.7 Å². The first kappa shape index (κ1) is 11.5. The van der Waals surface area contributed by atoms with E-state index in [-0.39, 0.29) is 0 Å². The molecule has 2 atom stereocenters. The van der Waals surface area contributed by atoms with Crippen LogP contribution in [-0.2, 0) is 0 Å². The van der Waals surface area contributed by atoms with Gasteiger partial charge in [-0.3, -0.25) is 0 Å². The third-order valence-electron chi connectivity index (χ3n) is 3.54. The van der Waals surface area contributed by atoms with E-state index in [2.05, 4.69) is 24.3 Å². The molecule has 2 N–H and O–H groups in total. The Hall–Kier alpha value is -1.02. The fourth-order valence-electron chi connectivity index (χ4n) is 2.59. The van der Waals surface area contributed by atoms with Crippen molar-refractivity contribution in [1.29, 1.82) is 0 Å². The van der Waals surface area contributed by atoms with E-state index in [1.54, 1.807) is 0 Å². The minimum Gasteiger partial charge on any atom is -0.494 e. The van der Waals surface area contributed by atoms with Gasteiger partial charge in [-0.25, -0.2) is 0 Å². The van der Waals surface area contributed by atoms with Crippen LogP contribution in [-0.4, -0.2) is 13.2 Å². The maximum atomic E-state index is 5.72. The van der Waals surface area contributed by atoms with Gasteiger partial charge in [-0.15, -0.1) is 0 Å². The molecular formula is C14H21NO. The van der Waals surface area contributed by atoms with Gasteiger partial charge in [0.05, 0.1) is 6.61 Å². The van der Waals surface area contributed by atoms with Crippen LogP contribution >= 0.6 is 0 Å². The largest absolute Gasteiger partial charge is 0.494 e. The van der Waals surface area contributed by atoms with Gasteiger partial charge in [0.15, 0.2) is 0 Å². The van der Waals surface area contributed by atoms with Gasteiger partial charge in [0.2, 0.25) is 0 Å². The Morgan fingerprint density at radius 3 is 2.56 bits per heavy atom. The second-order valence-corrected chi connectivity index (χ2v) is 4.61. The lowest BCUT2D eigenvalue weighted by molar-refractivity contribution is 0.340. The van der Waals surface area contributed by atoms with Crippen molar-refractivity contribution < 1.29 is 4.74 Å². The molecule has 0 aliphatic heterocycles. The molecule has 1 aromatic carbocycles. The summed E-state index contributed by atoms with van der Waals surface area (Å²) >= 11 is 0. The molecule has 2 heteroatoms. The predicted molar refractivity (Wildman–Crippen MR) is 66.7 cm³/mol. The number of benzene rings is 1. The van der Waals surface area contributed by atoms with Gasteiger partial charge in [0.25, 0.3) is 0 Å². The first-order valence-corrected chi connectivity index (χ1v) is 6.26. The van der Waals surface area contributed by atoms with E-state index >= 15 is 0 Å². The summed E-state index contributed by atoms with van der Waals surface area (Å²) in [5, 5.41) is 0. The Labute approximate surface area is 97.8 Å². The molecule has 0 aromatic heterocycles. The number of nitrogens with two attached hydrogens (primary N) is 1. The van der Waals surface area contributed by atoms with Crippen LogP contribution in [0, 0.1) is 5.92 Å². The highest BCUT2D eigenvalue weighted by atomic mass is 16.5. The van der Waals surface area contributed by atoms with Crippen molar-refractivity contribution in [2.45, 2.75) is 32.1 Å². The number of ether oxygens (including phenoxy) is 1. The van der Waals surface area contributed by atoms with Gasteiger partial charge in [-0.1, -0.05) is 12.1 Å². The smallest absolute Gasteiger partial charge is 0.119 e. The van der Waals surface area contributed by atoms with Crippen molar-refractivity contribution in [3.05, 3.63) is 29.8 Å². The Morgan fingerprint density at radius 1 is 1.25 bits per heavy atom. The fraction of sp³-hybridized carbons (Fsp3) is 0.571. The zero-order valence-corrected chi connectivity index (χ0v) is 9.99. The van der Waals surface area contributed by atoms with E-state index in [0.29, 0.717) is 5.92 Å². The minimum absolute atomic E-state index is 0.712. The standard InChI is InChI=1S/C14H21NO/c1-2-16-14-7-5-12(6-8-14)13-4-3-11(9-13)10-15/h5-8,11,13H,2-4,9-10,15H2,1H3. The van der Waals surface area contributed by atoms with E-state index in [1.165, 1.54) is 24.8 Å². The Kier molecular flexibility index (Phi) is 3.83. The molecule has 1 fully saturated rings. The second kappa shape index (κ2) is 5.35. The predicted octanol–water partition coefficient (Wildman–Crippen LogP) is 2.93. The number of hydrogen-bond donors (Lipinski definition) is 1. The summed E-state index contributed by atoms with van der Waals surface area (Å²) in [7, 11) is 0. The normalized spacial score (nSPS) is 24.6. The second-order valence-electron chi connectivity index (χ2n) is 4.61. The summed E-state index contributed by atoms with van der Waals surface area (Å²) in [6, 6.07) is 8.56. The molecule has 2 unspecified atom stereocenters. The van der Waals surface area contributed by atoms with Gasteiger partial charge in [-0.2, -0.15) is 0 Å². The van der Waals surface area contributed by atoms with Gasteiger partial charge < -0.3 is 10.5 Å². The first-order valence-electron chi connectivity index (χ1n) is 6.26.